The Morgan fingerprint density at radius 3 is 2.62 bits per heavy atom. The number of carbonyl (C=O) groups is 2. The number of carbonyl (C=O) groups excluding carboxylic acids is 1. The van der Waals surface area contributed by atoms with Gasteiger partial charge in [-0.1, -0.05) is 25.5 Å². The van der Waals surface area contributed by atoms with E-state index in [0.717, 1.165) is 29.7 Å². The number of nitrogens with one attached hydrogen (secondary N) is 2. The fraction of sp³-hybridized carbons (Fsp3) is 0.500. The van der Waals surface area contributed by atoms with Crippen LogP contribution in [0.3, 0.4) is 0 Å². The standard InChI is InChI=1S/C16H24N2O3/c1-4-5-8-17-14(16(20)21)10-15(19)18-13-9-11(2)6-7-12(13)3/h6-7,9,14,17H,4-5,8,10H2,1-3H3,(H,18,19)(H,20,21)/t14-/m0/s1. The maximum absolute atomic E-state index is 12.0. The Kier molecular flexibility index (Phi) is 6.88. The summed E-state index contributed by atoms with van der Waals surface area (Å²) in [5.41, 5.74) is 2.74. The highest BCUT2D eigenvalue weighted by atomic mass is 16.4. The molecular weight excluding hydrogens is 268 g/mol. The van der Waals surface area contributed by atoms with Gasteiger partial charge in [0.15, 0.2) is 0 Å². The normalized spacial score (nSPS) is 12.0. The predicted molar refractivity (Wildman–Crippen MR) is 83.5 cm³/mol. The molecule has 0 aromatic heterocycles. The first kappa shape index (κ1) is 17.2. The molecule has 116 valence electrons. The van der Waals surface area contributed by atoms with Crippen LogP contribution in [0.1, 0.15) is 37.3 Å². The van der Waals surface area contributed by atoms with Crippen molar-refractivity contribution in [1.29, 1.82) is 0 Å². The highest BCUT2D eigenvalue weighted by Gasteiger charge is 2.20. The van der Waals surface area contributed by atoms with Gasteiger partial charge in [-0.25, -0.2) is 0 Å². The fourth-order valence-corrected chi connectivity index (χ4v) is 1.96. The second-order valence-electron chi connectivity index (χ2n) is 5.27. The molecule has 1 atom stereocenters. The Balaban J connectivity index is 2.61. The number of amides is 1. The summed E-state index contributed by atoms with van der Waals surface area (Å²) in [6, 6.07) is 4.94. The van der Waals surface area contributed by atoms with E-state index in [0.29, 0.717) is 6.54 Å². The molecule has 1 aromatic rings. The van der Waals surface area contributed by atoms with Gasteiger partial charge in [-0.15, -0.1) is 0 Å². The molecule has 1 amide bonds. The molecule has 0 unspecified atom stereocenters. The van der Waals surface area contributed by atoms with E-state index >= 15 is 0 Å². The maximum atomic E-state index is 12.0. The zero-order valence-corrected chi connectivity index (χ0v) is 12.9. The highest BCUT2D eigenvalue weighted by Crippen LogP contribution is 2.16. The van der Waals surface area contributed by atoms with E-state index in [2.05, 4.69) is 10.6 Å². The van der Waals surface area contributed by atoms with Gasteiger partial charge in [0.05, 0.1) is 6.42 Å². The Labute approximate surface area is 125 Å². The SMILES string of the molecule is CCCCN[C@@H](CC(=O)Nc1cc(C)ccc1C)C(=O)O. The number of unbranched alkanes of at least 4 members (excludes halogenated alkanes) is 1. The molecule has 0 aliphatic rings. The van der Waals surface area contributed by atoms with E-state index in [4.69, 9.17) is 5.11 Å². The summed E-state index contributed by atoms with van der Waals surface area (Å²) in [7, 11) is 0. The average molecular weight is 292 g/mol. The van der Waals surface area contributed by atoms with Gasteiger partial charge in [-0.3, -0.25) is 9.59 Å². The zero-order chi connectivity index (χ0) is 15.8. The minimum Gasteiger partial charge on any atom is -0.480 e. The summed E-state index contributed by atoms with van der Waals surface area (Å²) >= 11 is 0. The van der Waals surface area contributed by atoms with Gasteiger partial charge in [0.2, 0.25) is 5.91 Å². The van der Waals surface area contributed by atoms with Crippen LogP contribution in [0.5, 0.6) is 0 Å². The summed E-state index contributed by atoms with van der Waals surface area (Å²) < 4.78 is 0. The van der Waals surface area contributed by atoms with E-state index in [-0.39, 0.29) is 12.3 Å². The lowest BCUT2D eigenvalue weighted by Crippen LogP contribution is -2.40. The first-order chi connectivity index (χ1) is 9.93. The molecule has 0 fully saturated rings. The number of anilines is 1. The largest absolute Gasteiger partial charge is 0.480 e. The molecule has 0 aliphatic heterocycles. The van der Waals surface area contributed by atoms with Crippen LogP contribution in [0.25, 0.3) is 0 Å². The molecule has 0 aliphatic carbocycles. The fourth-order valence-electron chi connectivity index (χ4n) is 1.96. The van der Waals surface area contributed by atoms with Crippen molar-refractivity contribution in [2.45, 2.75) is 46.1 Å². The molecule has 21 heavy (non-hydrogen) atoms. The van der Waals surface area contributed by atoms with Crippen LogP contribution < -0.4 is 10.6 Å². The molecule has 5 heteroatoms. The first-order valence-electron chi connectivity index (χ1n) is 7.27. The van der Waals surface area contributed by atoms with Crippen LogP contribution in [0, 0.1) is 13.8 Å². The van der Waals surface area contributed by atoms with Gasteiger partial charge >= 0.3 is 5.97 Å². The molecule has 1 rings (SSSR count). The summed E-state index contributed by atoms with van der Waals surface area (Å²) in [5, 5.41) is 14.8. The molecule has 0 spiro atoms. The molecule has 0 radical (unpaired) electrons. The lowest BCUT2D eigenvalue weighted by molar-refractivity contribution is -0.141. The number of carboxylic acids is 1. The molecule has 0 saturated carbocycles. The monoisotopic (exact) mass is 292 g/mol. The molecule has 1 aromatic carbocycles. The van der Waals surface area contributed by atoms with Crippen LogP contribution in [0.2, 0.25) is 0 Å². The van der Waals surface area contributed by atoms with Gasteiger partial charge < -0.3 is 15.7 Å². The minimum absolute atomic E-state index is 0.0770. The summed E-state index contributed by atoms with van der Waals surface area (Å²) in [5.74, 6) is -1.29. The second kappa shape index (κ2) is 8.42. The molecule has 0 saturated heterocycles. The minimum atomic E-state index is -0.998. The number of hydrogen-bond acceptors (Lipinski definition) is 3. The Morgan fingerprint density at radius 1 is 1.29 bits per heavy atom. The van der Waals surface area contributed by atoms with E-state index in [1.54, 1.807) is 0 Å². The van der Waals surface area contributed by atoms with Crippen molar-refractivity contribution in [3.05, 3.63) is 29.3 Å². The lowest BCUT2D eigenvalue weighted by Gasteiger charge is -2.15. The van der Waals surface area contributed by atoms with Crippen molar-refractivity contribution in [3.63, 3.8) is 0 Å². The van der Waals surface area contributed by atoms with E-state index in [1.807, 2.05) is 39.0 Å². The van der Waals surface area contributed by atoms with Gasteiger partial charge in [0, 0.05) is 5.69 Å². The number of aryl methyl sites for hydroxylation is 2. The Hall–Kier alpha value is -1.88. The molecule has 5 nitrogen and oxygen atoms in total. The van der Waals surface area contributed by atoms with Crippen LogP contribution in [0.15, 0.2) is 18.2 Å². The Morgan fingerprint density at radius 2 is 2.00 bits per heavy atom. The first-order valence-corrected chi connectivity index (χ1v) is 7.27. The van der Waals surface area contributed by atoms with Crippen LogP contribution >= 0.6 is 0 Å². The van der Waals surface area contributed by atoms with Crippen molar-refractivity contribution in [2.75, 3.05) is 11.9 Å². The third-order valence-corrected chi connectivity index (χ3v) is 3.28. The molecular formula is C16H24N2O3. The predicted octanol–water partition coefficient (Wildman–Crippen LogP) is 2.47. The van der Waals surface area contributed by atoms with E-state index in [9.17, 15) is 9.59 Å². The van der Waals surface area contributed by atoms with E-state index < -0.39 is 12.0 Å². The Bertz CT molecular complexity index is 500. The van der Waals surface area contributed by atoms with Crippen molar-refractivity contribution in [2.24, 2.45) is 0 Å². The van der Waals surface area contributed by atoms with Crippen molar-refractivity contribution >= 4 is 17.6 Å². The average Bonchev–Trinajstić information content (AvgIpc) is 2.42. The number of aliphatic carboxylic acids is 1. The lowest BCUT2D eigenvalue weighted by atomic mass is 10.1. The van der Waals surface area contributed by atoms with Gasteiger partial charge in [0.1, 0.15) is 6.04 Å². The van der Waals surface area contributed by atoms with Gasteiger partial charge in [-0.05, 0) is 44.0 Å². The number of carboxylic acid groups (broad SMARTS) is 1. The zero-order valence-electron chi connectivity index (χ0n) is 12.9. The van der Waals surface area contributed by atoms with Crippen LogP contribution in [-0.2, 0) is 9.59 Å². The van der Waals surface area contributed by atoms with Gasteiger partial charge in [-0.2, -0.15) is 0 Å². The van der Waals surface area contributed by atoms with Gasteiger partial charge in [0.25, 0.3) is 0 Å². The molecule has 3 N–H and O–H groups in total. The van der Waals surface area contributed by atoms with Crippen LogP contribution in [-0.4, -0.2) is 29.6 Å². The third kappa shape index (κ3) is 5.95. The second-order valence-corrected chi connectivity index (χ2v) is 5.27. The highest BCUT2D eigenvalue weighted by molar-refractivity contribution is 5.94. The quantitative estimate of drug-likeness (QED) is 0.643. The van der Waals surface area contributed by atoms with Crippen LogP contribution in [0.4, 0.5) is 5.69 Å². The number of benzene rings is 1. The third-order valence-electron chi connectivity index (χ3n) is 3.28. The number of hydrogen-bond donors (Lipinski definition) is 3. The maximum Gasteiger partial charge on any atom is 0.321 e. The van der Waals surface area contributed by atoms with E-state index in [1.165, 1.54) is 0 Å². The summed E-state index contributed by atoms with van der Waals surface area (Å²) in [4.78, 5) is 23.2. The van der Waals surface area contributed by atoms with Crippen molar-refractivity contribution in [3.8, 4) is 0 Å². The summed E-state index contributed by atoms with van der Waals surface area (Å²) in [6.45, 7) is 6.49. The topological polar surface area (TPSA) is 78.4 Å². The van der Waals surface area contributed by atoms with Crippen molar-refractivity contribution < 1.29 is 14.7 Å². The molecule has 0 bridgehead atoms. The van der Waals surface area contributed by atoms with Crippen molar-refractivity contribution in [1.82, 2.24) is 5.32 Å². The smallest absolute Gasteiger partial charge is 0.321 e. The summed E-state index contributed by atoms with van der Waals surface area (Å²) in [6.07, 6.45) is 1.79. The molecule has 0 heterocycles. The number of rotatable bonds is 8.